The lowest BCUT2D eigenvalue weighted by molar-refractivity contribution is 0.628. The molecule has 156 valence electrons. The smallest absolute Gasteiger partial charge is 0.260 e. The lowest BCUT2D eigenvalue weighted by Crippen LogP contribution is -2.12. The number of rotatable bonds is 5. The molecule has 5 aromatic rings. The van der Waals surface area contributed by atoms with Crippen molar-refractivity contribution in [3.05, 3.63) is 69.2 Å². The zero-order valence-corrected chi connectivity index (χ0v) is 18.9. The molecule has 0 aliphatic carbocycles. The Kier molecular flexibility index (Phi) is 5.20. The van der Waals surface area contributed by atoms with Crippen molar-refractivity contribution in [3.8, 4) is 21.8 Å². The van der Waals surface area contributed by atoms with Gasteiger partial charge in [0.1, 0.15) is 16.5 Å². The van der Waals surface area contributed by atoms with E-state index in [1.807, 2.05) is 41.4 Å². The molecule has 10 heteroatoms. The number of nitrogens with one attached hydrogen (secondary N) is 1. The monoisotopic (exact) mass is 469 g/mol. The average molecular weight is 470 g/mol. The van der Waals surface area contributed by atoms with Gasteiger partial charge in [0.15, 0.2) is 11.0 Å². The summed E-state index contributed by atoms with van der Waals surface area (Å²) < 4.78 is 15.1. The fourth-order valence-electron chi connectivity index (χ4n) is 3.25. The Labute approximate surface area is 188 Å². The second kappa shape index (κ2) is 8.03. The first-order valence-electron chi connectivity index (χ1n) is 9.38. The SMILES string of the molecule is CC(Sc1nnc(-c2ccc(F)cc2)n1C)c1nc2scc(-c3cccs3)c2c(=O)[nH]1. The average Bonchev–Trinajstić information content (AvgIpc) is 3.49. The number of aromatic amines is 1. The molecule has 6 nitrogen and oxygen atoms in total. The van der Waals surface area contributed by atoms with Gasteiger partial charge in [0.25, 0.3) is 5.56 Å². The quantitative estimate of drug-likeness (QED) is 0.344. The minimum Gasteiger partial charge on any atom is -0.309 e. The molecule has 0 saturated carbocycles. The first-order valence-corrected chi connectivity index (χ1v) is 12.0. The number of thiophene rings is 2. The molecule has 1 atom stereocenters. The molecule has 0 saturated heterocycles. The van der Waals surface area contributed by atoms with E-state index in [-0.39, 0.29) is 16.6 Å². The van der Waals surface area contributed by atoms with Gasteiger partial charge in [0, 0.05) is 28.4 Å². The number of aromatic nitrogens is 5. The van der Waals surface area contributed by atoms with Crippen LogP contribution in [0.2, 0.25) is 0 Å². The van der Waals surface area contributed by atoms with Crippen molar-refractivity contribution in [1.82, 2.24) is 24.7 Å². The molecule has 0 aliphatic rings. The summed E-state index contributed by atoms with van der Waals surface area (Å²) >= 11 is 4.53. The van der Waals surface area contributed by atoms with Crippen molar-refractivity contribution in [2.45, 2.75) is 17.3 Å². The van der Waals surface area contributed by atoms with Gasteiger partial charge in [-0.2, -0.15) is 0 Å². The number of hydrogen-bond acceptors (Lipinski definition) is 7. The van der Waals surface area contributed by atoms with E-state index in [2.05, 4.69) is 15.2 Å². The number of fused-ring (bicyclic) bond motifs is 1. The molecule has 1 unspecified atom stereocenters. The summed E-state index contributed by atoms with van der Waals surface area (Å²) in [5.41, 5.74) is 1.57. The van der Waals surface area contributed by atoms with Crippen molar-refractivity contribution >= 4 is 44.7 Å². The largest absolute Gasteiger partial charge is 0.309 e. The Hall–Kier alpha value is -2.82. The minimum absolute atomic E-state index is 0.137. The van der Waals surface area contributed by atoms with E-state index < -0.39 is 0 Å². The fraction of sp³-hybridized carbons (Fsp3) is 0.143. The van der Waals surface area contributed by atoms with Gasteiger partial charge in [-0.3, -0.25) is 4.79 Å². The summed E-state index contributed by atoms with van der Waals surface area (Å²) in [6.07, 6.45) is 0. The summed E-state index contributed by atoms with van der Waals surface area (Å²) in [6.45, 7) is 1.97. The number of hydrogen-bond donors (Lipinski definition) is 1. The highest BCUT2D eigenvalue weighted by Crippen LogP contribution is 2.36. The summed E-state index contributed by atoms with van der Waals surface area (Å²) in [6, 6.07) is 10.1. The van der Waals surface area contributed by atoms with Crippen LogP contribution in [0.15, 0.2) is 57.1 Å². The molecule has 0 radical (unpaired) electrons. The number of thioether (sulfide) groups is 1. The van der Waals surface area contributed by atoms with Crippen LogP contribution in [-0.4, -0.2) is 24.7 Å². The summed E-state index contributed by atoms with van der Waals surface area (Å²) in [5.74, 6) is 0.939. The second-order valence-corrected chi connectivity index (χ2v) is 10.0. The van der Waals surface area contributed by atoms with Crippen LogP contribution in [0.3, 0.4) is 0 Å². The van der Waals surface area contributed by atoms with Crippen LogP contribution in [0.5, 0.6) is 0 Å². The molecule has 1 N–H and O–H groups in total. The minimum atomic E-state index is -0.296. The second-order valence-electron chi connectivity index (χ2n) is 6.89. The zero-order chi connectivity index (χ0) is 21.5. The van der Waals surface area contributed by atoms with Crippen molar-refractivity contribution in [3.63, 3.8) is 0 Å². The highest BCUT2D eigenvalue weighted by Gasteiger charge is 2.20. The number of H-pyrrole nitrogens is 1. The number of nitrogens with zero attached hydrogens (tertiary/aromatic N) is 4. The van der Waals surface area contributed by atoms with E-state index in [0.29, 0.717) is 22.2 Å². The molecule has 31 heavy (non-hydrogen) atoms. The van der Waals surface area contributed by atoms with Crippen LogP contribution in [0.1, 0.15) is 18.0 Å². The summed E-state index contributed by atoms with van der Waals surface area (Å²) in [5, 5.41) is 13.7. The molecule has 0 bridgehead atoms. The molecule has 4 heterocycles. The van der Waals surface area contributed by atoms with Crippen molar-refractivity contribution in [2.75, 3.05) is 0 Å². The summed E-state index contributed by atoms with van der Waals surface area (Å²) in [7, 11) is 1.86. The van der Waals surface area contributed by atoms with Gasteiger partial charge in [-0.15, -0.1) is 32.9 Å². The maximum absolute atomic E-state index is 13.2. The van der Waals surface area contributed by atoms with Gasteiger partial charge in [-0.1, -0.05) is 17.8 Å². The molecule has 0 fully saturated rings. The van der Waals surface area contributed by atoms with Crippen molar-refractivity contribution < 1.29 is 4.39 Å². The van der Waals surface area contributed by atoms with E-state index in [1.54, 1.807) is 23.5 Å². The molecule has 5 rings (SSSR count). The number of halogens is 1. The number of benzene rings is 1. The van der Waals surface area contributed by atoms with Crippen LogP contribution in [0.4, 0.5) is 4.39 Å². The Morgan fingerprint density at radius 3 is 2.71 bits per heavy atom. The fourth-order valence-corrected chi connectivity index (χ4v) is 5.89. The van der Waals surface area contributed by atoms with Gasteiger partial charge < -0.3 is 9.55 Å². The molecular weight excluding hydrogens is 453 g/mol. The van der Waals surface area contributed by atoms with Crippen LogP contribution >= 0.6 is 34.4 Å². The Bertz CT molecular complexity index is 1420. The first-order chi connectivity index (χ1) is 15.0. The van der Waals surface area contributed by atoms with Crippen LogP contribution in [-0.2, 0) is 7.05 Å². The molecule has 0 aliphatic heterocycles. The van der Waals surface area contributed by atoms with Crippen molar-refractivity contribution in [1.29, 1.82) is 0 Å². The molecular formula is C21H16FN5OS3. The van der Waals surface area contributed by atoms with Gasteiger partial charge in [0.05, 0.1) is 10.6 Å². The third-order valence-corrected chi connectivity index (χ3v) is 7.77. The third-order valence-electron chi connectivity index (χ3n) is 4.85. The highest BCUT2D eigenvalue weighted by molar-refractivity contribution is 7.99. The predicted molar refractivity (Wildman–Crippen MR) is 124 cm³/mol. The van der Waals surface area contributed by atoms with Gasteiger partial charge in [-0.25, -0.2) is 9.37 Å². The standard InChI is InChI=1S/C21H16FN5OS3/c1-11(31-21-26-25-18(27(21)2)12-5-7-13(22)8-6-12)17-23-19(28)16-14(10-30-20(16)24-17)15-4-3-9-29-15/h3-11H,1-2H3,(H,23,24,28). The van der Waals surface area contributed by atoms with Crippen molar-refractivity contribution in [2.24, 2.45) is 7.05 Å². The van der Waals surface area contributed by atoms with E-state index in [9.17, 15) is 9.18 Å². The van der Waals surface area contributed by atoms with E-state index in [4.69, 9.17) is 4.98 Å². The maximum Gasteiger partial charge on any atom is 0.260 e. The lowest BCUT2D eigenvalue weighted by Gasteiger charge is -2.10. The topological polar surface area (TPSA) is 76.5 Å². The molecule has 4 aromatic heterocycles. The Morgan fingerprint density at radius 2 is 1.97 bits per heavy atom. The zero-order valence-electron chi connectivity index (χ0n) is 16.5. The van der Waals surface area contributed by atoms with E-state index in [1.165, 1.54) is 35.2 Å². The maximum atomic E-state index is 13.2. The van der Waals surface area contributed by atoms with Crippen LogP contribution in [0.25, 0.3) is 32.0 Å². The van der Waals surface area contributed by atoms with Crippen LogP contribution < -0.4 is 5.56 Å². The summed E-state index contributed by atoms with van der Waals surface area (Å²) in [4.78, 5) is 22.3. The molecule has 0 amide bonds. The van der Waals surface area contributed by atoms with E-state index in [0.717, 1.165) is 20.8 Å². The highest BCUT2D eigenvalue weighted by atomic mass is 32.2. The Morgan fingerprint density at radius 1 is 1.16 bits per heavy atom. The van der Waals surface area contributed by atoms with Gasteiger partial charge in [0.2, 0.25) is 0 Å². The first kappa shape index (κ1) is 20.1. The Balaban J connectivity index is 1.44. The van der Waals surface area contributed by atoms with E-state index >= 15 is 0 Å². The molecule has 1 aromatic carbocycles. The normalized spacial score (nSPS) is 12.5. The lowest BCUT2D eigenvalue weighted by atomic mass is 10.2. The van der Waals surface area contributed by atoms with Gasteiger partial charge in [-0.05, 0) is 42.6 Å². The third kappa shape index (κ3) is 3.71. The predicted octanol–water partition coefficient (Wildman–Crippen LogP) is 5.50. The molecule has 0 spiro atoms. The van der Waals surface area contributed by atoms with Crippen LogP contribution in [0, 0.1) is 5.82 Å². The van der Waals surface area contributed by atoms with Gasteiger partial charge >= 0.3 is 0 Å².